The summed E-state index contributed by atoms with van der Waals surface area (Å²) in [5.41, 5.74) is 2.35. The van der Waals surface area contributed by atoms with E-state index in [1.165, 1.54) is 0 Å². The number of carbonyl (C=O) groups excluding carboxylic acids is 3. The quantitative estimate of drug-likeness (QED) is 0.276. The van der Waals surface area contributed by atoms with Crippen LogP contribution in [0.5, 0.6) is 0 Å². The summed E-state index contributed by atoms with van der Waals surface area (Å²) in [4.78, 5) is 40.7. The molecule has 2 aromatic rings. The lowest BCUT2D eigenvalue weighted by Gasteiger charge is -2.28. The van der Waals surface area contributed by atoms with Gasteiger partial charge in [-0.05, 0) is 61.4 Å². The summed E-state index contributed by atoms with van der Waals surface area (Å²) >= 11 is 0. The lowest BCUT2D eigenvalue weighted by Crippen LogP contribution is -2.51. The third-order valence-corrected chi connectivity index (χ3v) is 6.38. The summed E-state index contributed by atoms with van der Waals surface area (Å²) in [7, 11) is 0. The second-order valence-electron chi connectivity index (χ2n) is 10.6. The van der Waals surface area contributed by atoms with Crippen molar-refractivity contribution in [2.45, 2.75) is 78.6 Å². The van der Waals surface area contributed by atoms with E-state index in [9.17, 15) is 24.6 Å². The van der Waals surface area contributed by atoms with Gasteiger partial charge in [0.25, 0.3) is 11.8 Å². The van der Waals surface area contributed by atoms with Crippen LogP contribution < -0.4 is 10.6 Å². The Bertz CT molecular complexity index is 1070. The van der Waals surface area contributed by atoms with E-state index >= 15 is 0 Å². The van der Waals surface area contributed by atoms with Crippen LogP contribution in [0.1, 0.15) is 78.8 Å². The third kappa shape index (κ3) is 10.5. The van der Waals surface area contributed by atoms with Gasteiger partial charge in [0.1, 0.15) is 6.10 Å². The number of aliphatic hydroxyl groups excluding tert-OH is 2. The standard InChI is InChI=1S/C31H45N3O5/c1-6-13-34(14-7-2)31(39)25-16-22(5)15-24(18-25)30(38)33-26(17-23-11-9-8-10-12-23)29(37)27(35)19-28(36)32-20-21(3)4/h8-12,15-16,18,21,26-27,29,35,37H,6-7,13-14,17,19-20H2,1-5H3,(H,32,36)(H,33,38). The maximum atomic E-state index is 13.4. The van der Waals surface area contributed by atoms with Gasteiger partial charge >= 0.3 is 0 Å². The van der Waals surface area contributed by atoms with Crippen LogP contribution in [-0.4, -0.2) is 70.7 Å². The molecule has 0 saturated carbocycles. The zero-order valence-electron chi connectivity index (χ0n) is 23.9. The van der Waals surface area contributed by atoms with Crippen LogP contribution in [0.15, 0.2) is 48.5 Å². The second kappa shape index (κ2) is 16.0. The van der Waals surface area contributed by atoms with Crippen LogP contribution in [0.25, 0.3) is 0 Å². The van der Waals surface area contributed by atoms with Crippen molar-refractivity contribution in [2.24, 2.45) is 5.92 Å². The normalized spacial score (nSPS) is 13.4. The largest absolute Gasteiger partial charge is 0.390 e. The molecule has 0 saturated heterocycles. The number of nitrogens with one attached hydrogen (secondary N) is 2. The summed E-state index contributed by atoms with van der Waals surface area (Å²) in [5, 5.41) is 27.3. The monoisotopic (exact) mass is 539 g/mol. The van der Waals surface area contributed by atoms with Crippen LogP contribution in [0.3, 0.4) is 0 Å². The highest BCUT2D eigenvalue weighted by atomic mass is 16.3. The SMILES string of the molecule is CCCN(CCC)C(=O)c1cc(C)cc(C(=O)NC(Cc2ccccc2)C(O)C(O)CC(=O)NCC(C)C)c1. The van der Waals surface area contributed by atoms with E-state index in [1.54, 1.807) is 23.1 Å². The summed E-state index contributed by atoms with van der Waals surface area (Å²) < 4.78 is 0. The first-order valence-electron chi connectivity index (χ1n) is 13.9. The van der Waals surface area contributed by atoms with Gasteiger partial charge in [0, 0.05) is 30.8 Å². The predicted octanol–water partition coefficient (Wildman–Crippen LogP) is 3.48. The Labute approximate surface area is 232 Å². The van der Waals surface area contributed by atoms with Gasteiger partial charge in [0.2, 0.25) is 5.91 Å². The molecule has 39 heavy (non-hydrogen) atoms. The van der Waals surface area contributed by atoms with Crippen LogP contribution in [0, 0.1) is 12.8 Å². The number of aryl methyl sites for hydroxylation is 1. The molecule has 0 aliphatic rings. The van der Waals surface area contributed by atoms with Gasteiger partial charge in [-0.3, -0.25) is 14.4 Å². The third-order valence-electron chi connectivity index (χ3n) is 6.38. The van der Waals surface area contributed by atoms with E-state index in [0.29, 0.717) is 30.8 Å². The van der Waals surface area contributed by atoms with Gasteiger partial charge in [-0.2, -0.15) is 0 Å². The molecule has 0 aliphatic heterocycles. The average Bonchev–Trinajstić information content (AvgIpc) is 2.90. The molecule has 2 aromatic carbocycles. The molecule has 0 fully saturated rings. The summed E-state index contributed by atoms with van der Waals surface area (Å²) in [6, 6.07) is 13.5. The lowest BCUT2D eigenvalue weighted by molar-refractivity contribution is -0.125. The minimum absolute atomic E-state index is 0.125. The van der Waals surface area contributed by atoms with Crippen molar-refractivity contribution < 1.29 is 24.6 Å². The number of amides is 3. The number of nitrogens with zero attached hydrogens (tertiary/aromatic N) is 1. The van der Waals surface area contributed by atoms with Crippen molar-refractivity contribution >= 4 is 17.7 Å². The molecular weight excluding hydrogens is 494 g/mol. The fourth-order valence-electron chi connectivity index (χ4n) is 4.42. The van der Waals surface area contributed by atoms with Crippen molar-refractivity contribution in [1.29, 1.82) is 0 Å². The smallest absolute Gasteiger partial charge is 0.253 e. The molecule has 0 radical (unpaired) electrons. The van der Waals surface area contributed by atoms with E-state index in [1.807, 2.05) is 65.0 Å². The van der Waals surface area contributed by atoms with Gasteiger partial charge in [-0.15, -0.1) is 0 Å². The Morgan fingerprint density at radius 3 is 2.13 bits per heavy atom. The maximum absolute atomic E-state index is 13.4. The molecule has 2 rings (SSSR count). The molecule has 0 bridgehead atoms. The zero-order chi connectivity index (χ0) is 28.9. The number of benzene rings is 2. The molecule has 4 N–H and O–H groups in total. The number of aliphatic hydroxyl groups is 2. The molecule has 0 aliphatic carbocycles. The van der Waals surface area contributed by atoms with Crippen LogP contribution in [0.2, 0.25) is 0 Å². The Balaban J connectivity index is 2.26. The van der Waals surface area contributed by atoms with Crippen molar-refractivity contribution in [1.82, 2.24) is 15.5 Å². The Morgan fingerprint density at radius 1 is 0.923 bits per heavy atom. The molecule has 8 nitrogen and oxygen atoms in total. The highest BCUT2D eigenvalue weighted by Crippen LogP contribution is 2.16. The molecule has 0 heterocycles. The fourth-order valence-corrected chi connectivity index (χ4v) is 4.42. The molecular formula is C31H45N3O5. The molecule has 3 atom stereocenters. The molecule has 0 spiro atoms. The number of carbonyl (C=O) groups is 3. The first kappa shape index (κ1) is 32.0. The first-order chi connectivity index (χ1) is 18.5. The minimum atomic E-state index is -1.39. The number of hydrogen-bond acceptors (Lipinski definition) is 5. The molecule has 0 aromatic heterocycles. The Morgan fingerprint density at radius 2 is 1.54 bits per heavy atom. The van der Waals surface area contributed by atoms with E-state index in [4.69, 9.17) is 0 Å². The topological polar surface area (TPSA) is 119 Å². The number of hydrogen-bond donors (Lipinski definition) is 4. The molecule has 214 valence electrons. The van der Waals surface area contributed by atoms with E-state index in [0.717, 1.165) is 24.0 Å². The molecule has 3 unspecified atom stereocenters. The summed E-state index contributed by atoms with van der Waals surface area (Å²) in [6.45, 7) is 11.5. The zero-order valence-corrected chi connectivity index (χ0v) is 23.9. The van der Waals surface area contributed by atoms with E-state index < -0.39 is 24.2 Å². The van der Waals surface area contributed by atoms with Crippen molar-refractivity contribution in [3.8, 4) is 0 Å². The van der Waals surface area contributed by atoms with Crippen LogP contribution in [0.4, 0.5) is 0 Å². The van der Waals surface area contributed by atoms with E-state index in [2.05, 4.69) is 10.6 Å². The van der Waals surface area contributed by atoms with Gasteiger partial charge < -0.3 is 25.7 Å². The highest BCUT2D eigenvalue weighted by molar-refractivity contribution is 6.00. The average molecular weight is 540 g/mol. The Hall–Kier alpha value is -3.23. The van der Waals surface area contributed by atoms with Gasteiger partial charge in [0.15, 0.2) is 0 Å². The fraction of sp³-hybridized carbons (Fsp3) is 0.516. The van der Waals surface area contributed by atoms with E-state index in [-0.39, 0.29) is 30.6 Å². The lowest BCUT2D eigenvalue weighted by atomic mass is 9.95. The van der Waals surface area contributed by atoms with Crippen LogP contribution in [-0.2, 0) is 11.2 Å². The molecule has 3 amide bonds. The van der Waals surface area contributed by atoms with Crippen molar-refractivity contribution in [2.75, 3.05) is 19.6 Å². The second-order valence-corrected chi connectivity index (χ2v) is 10.6. The highest BCUT2D eigenvalue weighted by Gasteiger charge is 2.30. The van der Waals surface area contributed by atoms with Crippen molar-refractivity contribution in [3.63, 3.8) is 0 Å². The summed E-state index contributed by atoms with van der Waals surface area (Å²) in [5.74, 6) is -0.712. The maximum Gasteiger partial charge on any atom is 0.253 e. The summed E-state index contributed by atoms with van der Waals surface area (Å²) in [6.07, 6.45) is -1.14. The first-order valence-corrected chi connectivity index (χ1v) is 13.9. The van der Waals surface area contributed by atoms with Gasteiger partial charge in [0.05, 0.1) is 18.6 Å². The Kier molecular flexibility index (Phi) is 13.1. The number of rotatable bonds is 15. The van der Waals surface area contributed by atoms with Crippen molar-refractivity contribution in [3.05, 3.63) is 70.8 Å². The van der Waals surface area contributed by atoms with Gasteiger partial charge in [-0.1, -0.05) is 58.0 Å². The molecule has 8 heteroatoms. The van der Waals surface area contributed by atoms with Gasteiger partial charge in [-0.25, -0.2) is 0 Å². The predicted molar refractivity (Wildman–Crippen MR) is 154 cm³/mol. The van der Waals surface area contributed by atoms with Crippen LogP contribution >= 0.6 is 0 Å². The minimum Gasteiger partial charge on any atom is -0.390 e.